The lowest BCUT2D eigenvalue weighted by Gasteiger charge is -2.18. The van der Waals surface area contributed by atoms with Crippen molar-refractivity contribution in [2.24, 2.45) is 0 Å². The Labute approximate surface area is 145 Å². The van der Waals surface area contributed by atoms with Crippen molar-refractivity contribution in [3.05, 3.63) is 70.9 Å². The Balaban J connectivity index is 2.02. The van der Waals surface area contributed by atoms with E-state index in [9.17, 15) is 0 Å². The molecule has 0 amide bonds. The number of aromatic nitrogens is 3. The van der Waals surface area contributed by atoms with E-state index in [0.29, 0.717) is 23.1 Å². The Hall–Kier alpha value is -2.53. The maximum atomic E-state index is 6.54. The summed E-state index contributed by atoms with van der Waals surface area (Å²) in [5.41, 5.74) is 2.84. The van der Waals surface area contributed by atoms with E-state index in [1.54, 1.807) is 26.7 Å². The van der Waals surface area contributed by atoms with E-state index in [2.05, 4.69) is 15.0 Å². The summed E-state index contributed by atoms with van der Waals surface area (Å²) in [6, 6.07) is 11.5. The van der Waals surface area contributed by atoms with Crippen molar-refractivity contribution in [3.8, 4) is 11.6 Å². The van der Waals surface area contributed by atoms with Crippen molar-refractivity contribution in [1.82, 2.24) is 15.0 Å². The van der Waals surface area contributed by atoms with E-state index in [1.807, 2.05) is 36.4 Å². The molecular weight excluding hydrogens is 326 g/mol. The number of nitrogens with zero attached hydrogens (tertiary/aromatic N) is 2. The molecule has 2 aromatic heterocycles. The van der Waals surface area contributed by atoms with Gasteiger partial charge >= 0.3 is 0 Å². The lowest BCUT2D eigenvalue weighted by Crippen LogP contribution is -2.08. The van der Waals surface area contributed by atoms with Crippen LogP contribution in [-0.4, -0.2) is 29.2 Å². The molecule has 24 heavy (non-hydrogen) atoms. The summed E-state index contributed by atoms with van der Waals surface area (Å²) in [4.78, 5) is 11.8. The molecule has 2 heterocycles. The van der Waals surface area contributed by atoms with Crippen molar-refractivity contribution in [2.75, 3.05) is 14.2 Å². The Morgan fingerprint density at radius 2 is 1.96 bits per heavy atom. The van der Waals surface area contributed by atoms with Crippen LogP contribution in [0.1, 0.15) is 22.9 Å². The molecule has 0 spiro atoms. The molecule has 1 atom stereocenters. The average Bonchev–Trinajstić information content (AvgIpc) is 3.15. The number of ether oxygens (including phenoxy) is 2. The standard InChI is InChI=1S/C18H18ClN3O2/c1-23-16-7-4-6-13(18(16)19)14(15-10-20-11-21-15)9-12-5-3-8-17(22-12)24-2/h3-8,10-11,14H,9H2,1-2H3,(H,20,21)/t14-/m1/s1. The summed E-state index contributed by atoms with van der Waals surface area (Å²) in [7, 11) is 3.22. The highest BCUT2D eigenvalue weighted by Crippen LogP contribution is 2.37. The zero-order valence-electron chi connectivity index (χ0n) is 13.5. The van der Waals surface area contributed by atoms with Crippen molar-refractivity contribution in [2.45, 2.75) is 12.3 Å². The average molecular weight is 344 g/mol. The number of H-pyrrole nitrogens is 1. The van der Waals surface area contributed by atoms with Gasteiger partial charge in [-0.05, 0) is 17.7 Å². The maximum absolute atomic E-state index is 6.54. The SMILES string of the molecule is COc1cccc(C[C@@H](c2cnc[nH]2)c2cccc(OC)c2Cl)n1. The van der Waals surface area contributed by atoms with Crippen LogP contribution in [0.25, 0.3) is 0 Å². The van der Waals surface area contributed by atoms with Gasteiger partial charge in [0, 0.05) is 36.0 Å². The van der Waals surface area contributed by atoms with Gasteiger partial charge < -0.3 is 14.5 Å². The third-order valence-electron chi connectivity index (χ3n) is 3.89. The first-order valence-electron chi connectivity index (χ1n) is 7.53. The first kappa shape index (κ1) is 16.3. The summed E-state index contributed by atoms with van der Waals surface area (Å²) in [6.07, 6.45) is 4.13. The Bertz CT molecular complexity index is 806. The first-order valence-corrected chi connectivity index (χ1v) is 7.91. The van der Waals surface area contributed by atoms with Gasteiger partial charge in [-0.15, -0.1) is 0 Å². The molecule has 0 aliphatic rings. The normalized spacial score (nSPS) is 12.0. The van der Waals surface area contributed by atoms with Crippen LogP contribution in [0.15, 0.2) is 48.9 Å². The van der Waals surface area contributed by atoms with Gasteiger partial charge in [0.05, 0.1) is 25.6 Å². The fourth-order valence-electron chi connectivity index (χ4n) is 2.69. The highest BCUT2D eigenvalue weighted by atomic mass is 35.5. The largest absolute Gasteiger partial charge is 0.495 e. The Kier molecular flexibility index (Phi) is 5.01. The second kappa shape index (κ2) is 7.36. The van der Waals surface area contributed by atoms with Crippen LogP contribution in [0.5, 0.6) is 11.6 Å². The minimum atomic E-state index is -0.0188. The smallest absolute Gasteiger partial charge is 0.213 e. The lowest BCUT2D eigenvalue weighted by molar-refractivity contribution is 0.396. The molecule has 0 saturated carbocycles. The molecule has 0 aliphatic heterocycles. The van der Waals surface area contributed by atoms with Crippen LogP contribution < -0.4 is 9.47 Å². The number of rotatable bonds is 6. The second-order valence-electron chi connectivity index (χ2n) is 5.30. The molecule has 1 N–H and O–H groups in total. The van der Waals surface area contributed by atoms with Gasteiger partial charge in [0.15, 0.2) is 0 Å². The van der Waals surface area contributed by atoms with Crippen LogP contribution in [0, 0.1) is 0 Å². The van der Waals surface area contributed by atoms with Crippen molar-refractivity contribution >= 4 is 11.6 Å². The van der Waals surface area contributed by atoms with E-state index in [0.717, 1.165) is 17.0 Å². The van der Waals surface area contributed by atoms with Crippen LogP contribution in [0.3, 0.4) is 0 Å². The van der Waals surface area contributed by atoms with Crippen molar-refractivity contribution < 1.29 is 9.47 Å². The van der Waals surface area contributed by atoms with Gasteiger partial charge in [-0.25, -0.2) is 9.97 Å². The summed E-state index contributed by atoms with van der Waals surface area (Å²) < 4.78 is 10.6. The summed E-state index contributed by atoms with van der Waals surface area (Å²) in [5.74, 6) is 1.22. The fourth-order valence-corrected chi connectivity index (χ4v) is 3.03. The number of nitrogens with one attached hydrogen (secondary N) is 1. The highest BCUT2D eigenvalue weighted by molar-refractivity contribution is 6.32. The number of hydrogen-bond acceptors (Lipinski definition) is 4. The highest BCUT2D eigenvalue weighted by Gasteiger charge is 2.21. The zero-order valence-corrected chi connectivity index (χ0v) is 14.2. The summed E-state index contributed by atoms with van der Waals surface area (Å²) >= 11 is 6.54. The molecule has 124 valence electrons. The number of pyridine rings is 1. The molecule has 0 aliphatic carbocycles. The van der Waals surface area contributed by atoms with Crippen LogP contribution in [-0.2, 0) is 6.42 Å². The third kappa shape index (κ3) is 3.36. The predicted octanol–water partition coefficient (Wildman–Crippen LogP) is 3.85. The maximum Gasteiger partial charge on any atom is 0.213 e. The second-order valence-corrected chi connectivity index (χ2v) is 5.68. The van der Waals surface area contributed by atoms with Gasteiger partial charge in [0.2, 0.25) is 5.88 Å². The van der Waals surface area contributed by atoms with Gasteiger partial charge in [-0.2, -0.15) is 0 Å². The first-order chi connectivity index (χ1) is 11.7. The van der Waals surface area contributed by atoms with Gasteiger partial charge in [-0.1, -0.05) is 29.8 Å². The summed E-state index contributed by atoms with van der Waals surface area (Å²) in [5, 5.41) is 0.600. The molecule has 0 radical (unpaired) electrons. The Morgan fingerprint density at radius 1 is 1.12 bits per heavy atom. The topological polar surface area (TPSA) is 60.0 Å². The molecule has 3 rings (SSSR count). The van der Waals surface area contributed by atoms with E-state index in [1.165, 1.54) is 0 Å². The van der Waals surface area contributed by atoms with E-state index in [4.69, 9.17) is 21.1 Å². The van der Waals surface area contributed by atoms with Gasteiger partial charge in [0.1, 0.15) is 5.75 Å². The minimum Gasteiger partial charge on any atom is -0.495 e. The fraction of sp³-hybridized carbons (Fsp3) is 0.222. The number of imidazole rings is 1. The summed E-state index contributed by atoms with van der Waals surface area (Å²) in [6.45, 7) is 0. The quantitative estimate of drug-likeness (QED) is 0.738. The molecule has 6 heteroatoms. The molecular formula is C18H18ClN3O2. The van der Waals surface area contributed by atoms with Crippen molar-refractivity contribution in [1.29, 1.82) is 0 Å². The third-order valence-corrected chi connectivity index (χ3v) is 4.29. The van der Waals surface area contributed by atoms with E-state index in [-0.39, 0.29) is 5.92 Å². The van der Waals surface area contributed by atoms with Gasteiger partial charge in [0.25, 0.3) is 0 Å². The molecule has 0 saturated heterocycles. The van der Waals surface area contributed by atoms with E-state index >= 15 is 0 Å². The van der Waals surface area contributed by atoms with Crippen LogP contribution in [0.4, 0.5) is 0 Å². The number of benzene rings is 1. The van der Waals surface area contributed by atoms with Crippen molar-refractivity contribution in [3.63, 3.8) is 0 Å². The molecule has 1 aromatic carbocycles. The van der Waals surface area contributed by atoms with Crippen LogP contribution in [0.2, 0.25) is 5.02 Å². The van der Waals surface area contributed by atoms with E-state index < -0.39 is 0 Å². The zero-order chi connectivity index (χ0) is 16.9. The molecule has 0 fully saturated rings. The molecule has 3 aromatic rings. The molecule has 0 unspecified atom stereocenters. The van der Waals surface area contributed by atoms with Crippen LogP contribution >= 0.6 is 11.6 Å². The number of halogens is 1. The van der Waals surface area contributed by atoms with Gasteiger partial charge in [-0.3, -0.25) is 0 Å². The molecule has 5 nitrogen and oxygen atoms in total. The Morgan fingerprint density at radius 3 is 2.67 bits per heavy atom. The number of methoxy groups -OCH3 is 2. The number of aromatic amines is 1. The monoisotopic (exact) mass is 343 g/mol. The minimum absolute atomic E-state index is 0.0188. The molecule has 0 bridgehead atoms. The predicted molar refractivity (Wildman–Crippen MR) is 92.9 cm³/mol. The number of hydrogen-bond donors (Lipinski definition) is 1. The lowest BCUT2D eigenvalue weighted by atomic mass is 9.91.